The van der Waals surface area contributed by atoms with E-state index in [-0.39, 0.29) is 23.2 Å². The van der Waals surface area contributed by atoms with E-state index in [0.717, 1.165) is 0 Å². The van der Waals surface area contributed by atoms with Gasteiger partial charge in [-0.3, -0.25) is 9.69 Å². The van der Waals surface area contributed by atoms with Crippen molar-refractivity contribution in [3.63, 3.8) is 0 Å². The molecule has 126 valence electrons. The predicted octanol–water partition coefficient (Wildman–Crippen LogP) is 1.30. The molecule has 1 atom stereocenters. The Morgan fingerprint density at radius 2 is 1.88 bits per heavy atom. The number of rotatable bonds is 3. The molecule has 0 aliphatic carbocycles. The summed E-state index contributed by atoms with van der Waals surface area (Å²) >= 11 is 0. The van der Waals surface area contributed by atoms with Crippen LogP contribution >= 0.6 is 0 Å². The SMILES string of the molecule is COc1ccc(C2(c3ccc(O)cc3)N=C(N)N(C)C2=O)cc1C#N. The number of hydrogen-bond donors (Lipinski definition) is 2. The van der Waals surface area contributed by atoms with Crippen molar-refractivity contribution in [1.29, 1.82) is 5.26 Å². The van der Waals surface area contributed by atoms with Crippen molar-refractivity contribution < 1.29 is 14.6 Å². The molecular formula is C18H16N4O3. The number of ether oxygens (including phenoxy) is 1. The summed E-state index contributed by atoms with van der Waals surface area (Å²) in [6, 6.07) is 13.1. The molecule has 0 radical (unpaired) electrons. The summed E-state index contributed by atoms with van der Waals surface area (Å²) in [5.41, 5.74) is 5.80. The van der Waals surface area contributed by atoms with Gasteiger partial charge in [-0.1, -0.05) is 18.2 Å². The molecule has 0 aromatic heterocycles. The van der Waals surface area contributed by atoms with Crippen molar-refractivity contribution in [3.8, 4) is 17.6 Å². The number of likely N-dealkylation sites (N-methyl/N-ethyl adjacent to an activating group) is 1. The van der Waals surface area contributed by atoms with E-state index in [2.05, 4.69) is 11.1 Å². The molecule has 3 N–H and O–H groups in total. The molecule has 0 saturated heterocycles. The number of guanidine groups is 1. The molecule has 7 nitrogen and oxygen atoms in total. The third-order valence-corrected chi connectivity index (χ3v) is 4.26. The molecule has 0 saturated carbocycles. The molecule has 1 unspecified atom stereocenters. The monoisotopic (exact) mass is 336 g/mol. The zero-order valence-electron chi connectivity index (χ0n) is 13.7. The topological polar surface area (TPSA) is 112 Å². The van der Waals surface area contributed by atoms with E-state index in [0.29, 0.717) is 16.9 Å². The molecule has 0 fully saturated rings. The molecule has 0 bridgehead atoms. The van der Waals surface area contributed by atoms with E-state index in [9.17, 15) is 15.2 Å². The Balaban J connectivity index is 2.29. The van der Waals surface area contributed by atoms with E-state index >= 15 is 0 Å². The van der Waals surface area contributed by atoms with E-state index in [1.807, 2.05) is 0 Å². The van der Waals surface area contributed by atoms with Gasteiger partial charge in [0.15, 0.2) is 11.5 Å². The molecule has 1 amide bonds. The maximum absolute atomic E-state index is 13.0. The second-order valence-electron chi connectivity index (χ2n) is 5.62. The fourth-order valence-electron chi connectivity index (χ4n) is 2.91. The molecule has 2 aromatic carbocycles. The largest absolute Gasteiger partial charge is 0.508 e. The van der Waals surface area contributed by atoms with Crippen molar-refractivity contribution in [2.75, 3.05) is 14.2 Å². The molecule has 25 heavy (non-hydrogen) atoms. The highest BCUT2D eigenvalue weighted by Crippen LogP contribution is 2.40. The third kappa shape index (κ3) is 2.35. The van der Waals surface area contributed by atoms with Crippen LogP contribution in [0.3, 0.4) is 0 Å². The fraction of sp³-hybridized carbons (Fsp3) is 0.167. The van der Waals surface area contributed by atoms with Gasteiger partial charge < -0.3 is 15.6 Å². The second-order valence-corrected chi connectivity index (χ2v) is 5.62. The van der Waals surface area contributed by atoms with Crippen LogP contribution < -0.4 is 10.5 Å². The zero-order chi connectivity index (χ0) is 18.2. The lowest BCUT2D eigenvalue weighted by Gasteiger charge is -2.26. The van der Waals surface area contributed by atoms with Gasteiger partial charge in [0.2, 0.25) is 0 Å². The van der Waals surface area contributed by atoms with Crippen LogP contribution in [0.2, 0.25) is 0 Å². The highest BCUT2D eigenvalue weighted by molar-refractivity contribution is 6.09. The average Bonchev–Trinajstić information content (AvgIpc) is 2.86. The lowest BCUT2D eigenvalue weighted by Crippen LogP contribution is -2.41. The predicted molar refractivity (Wildman–Crippen MR) is 91.0 cm³/mol. The smallest absolute Gasteiger partial charge is 0.266 e. The molecule has 2 aromatic rings. The Bertz CT molecular complexity index is 915. The molecular weight excluding hydrogens is 320 g/mol. The van der Waals surface area contributed by atoms with Crippen LogP contribution in [0.4, 0.5) is 0 Å². The van der Waals surface area contributed by atoms with E-state index in [1.165, 1.54) is 31.2 Å². The van der Waals surface area contributed by atoms with Gasteiger partial charge in [0.1, 0.15) is 17.6 Å². The van der Waals surface area contributed by atoms with Gasteiger partial charge in [-0.05, 0) is 35.4 Å². The first-order chi connectivity index (χ1) is 11.9. The number of carbonyl (C=O) groups is 1. The number of nitrogens with zero attached hydrogens (tertiary/aromatic N) is 3. The van der Waals surface area contributed by atoms with Gasteiger partial charge in [-0.25, -0.2) is 4.99 Å². The van der Waals surface area contributed by atoms with Crippen molar-refractivity contribution >= 4 is 11.9 Å². The number of phenols is 1. The van der Waals surface area contributed by atoms with Gasteiger partial charge in [0.25, 0.3) is 5.91 Å². The third-order valence-electron chi connectivity index (χ3n) is 4.26. The minimum absolute atomic E-state index is 0.0714. The molecule has 3 rings (SSSR count). The summed E-state index contributed by atoms with van der Waals surface area (Å²) in [5, 5.41) is 18.9. The van der Waals surface area contributed by atoms with Crippen molar-refractivity contribution in [2.24, 2.45) is 10.7 Å². The van der Waals surface area contributed by atoms with Crippen LogP contribution in [-0.4, -0.2) is 36.0 Å². The van der Waals surface area contributed by atoms with Crippen LogP contribution in [-0.2, 0) is 10.3 Å². The molecule has 1 heterocycles. The molecule has 1 aliphatic heterocycles. The Morgan fingerprint density at radius 3 is 2.40 bits per heavy atom. The van der Waals surface area contributed by atoms with Gasteiger partial charge in [-0.15, -0.1) is 0 Å². The normalized spacial score (nSPS) is 19.5. The zero-order valence-corrected chi connectivity index (χ0v) is 13.7. The second kappa shape index (κ2) is 5.83. The van der Waals surface area contributed by atoms with Gasteiger partial charge in [-0.2, -0.15) is 5.26 Å². The molecule has 1 aliphatic rings. The summed E-state index contributed by atoms with van der Waals surface area (Å²) in [6.45, 7) is 0. The number of methoxy groups -OCH3 is 1. The summed E-state index contributed by atoms with van der Waals surface area (Å²) in [6.07, 6.45) is 0. The quantitative estimate of drug-likeness (QED) is 0.877. The first kappa shape index (κ1) is 16.3. The molecule has 0 spiro atoms. The number of phenolic OH excluding ortho intramolecular Hbond substituents is 1. The first-order valence-corrected chi connectivity index (χ1v) is 7.45. The number of nitrogens with two attached hydrogens (primary N) is 1. The number of benzene rings is 2. The number of aliphatic imine (C=N–C) groups is 1. The van der Waals surface area contributed by atoms with E-state index < -0.39 is 5.54 Å². The van der Waals surface area contributed by atoms with Crippen molar-refractivity contribution in [1.82, 2.24) is 4.90 Å². The van der Waals surface area contributed by atoms with E-state index in [1.54, 1.807) is 30.3 Å². The summed E-state index contributed by atoms with van der Waals surface area (Å²) in [7, 11) is 3.01. The fourth-order valence-corrected chi connectivity index (χ4v) is 2.91. The van der Waals surface area contributed by atoms with E-state index in [4.69, 9.17) is 10.5 Å². The first-order valence-electron chi connectivity index (χ1n) is 7.45. The van der Waals surface area contributed by atoms with Crippen LogP contribution in [0.5, 0.6) is 11.5 Å². The van der Waals surface area contributed by atoms with Crippen LogP contribution in [0.15, 0.2) is 47.5 Å². The minimum atomic E-state index is -1.41. The maximum atomic E-state index is 13.0. The van der Waals surface area contributed by atoms with Gasteiger partial charge in [0.05, 0.1) is 12.7 Å². The standard InChI is InChI=1S/C18H16N4O3/c1-22-16(24)18(21-17(22)20,12-3-6-14(23)7-4-12)13-5-8-15(25-2)11(9-13)10-19/h3-9,23H,1-2H3,(H2,20,21). The van der Waals surface area contributed by atoms with Crippen LogP contribution in [0.25, 0.3) is 0 Å². The Hall–Kier alpha value is -3.53. The summed E-state index contributed by atoms with van der Waals surface area (Å²) < 4.78 is 5.17. The Labute approximate surface area is 144 Å². The minimum Gasteiger partial charge on any atom is -0.508 e. The summed E-state index contributed by atoms with van der Waals surface area (Å²) in [4.78, 5) is 18.7. The lowest BCUT2D eigenvalue weighted by molar-refractivity contribution is -0.129. The number of aromatic hydroxyl groups is 1. The summed E-state index contributed by atoms with van der Waals surface area (Å²) in [5.74, 6) is 0.210. The van der Waals surface area contributed by atoms with Crippen molar-refractivity contribution in [3.05, 3.63) is 59.2 Å². The van der Waals surface area contributed by atoms with Crippen LogP contribution in [0, 0.1) is 11.3 Å². The van der Waals surface area contributed by atoms with Crippen molar-refractivity contribution in [2.45, 2.75) is 5.54 Å². The number of nitriles is 1. The Kier molecular flexibility index (Phi) is 3.81. The number of amides is 1. The maximum Gasteiger partial charge on any atom is 0.266 e. The van der Waals surface area contributed by atoms with Gasteiger partial charge >= 0.3 is 0 Å². The molecule has 7 heteroatoms. The van der Waals surface area contributed by atoms with Gasteiger partial charge in [0, 0.05) is 7.05 Å². The Morgan fingerprint density at radius 1 is 1.24 bits per heavy atom. The average molecular weight is 336 g/mol. The highest BCUT2D eigenvalue weighted by Gasteiger charge is 2.49. The lowest BCUT2D eigenvalue weighted by atomic mass is 9.82. The van der Waals surface area contributed by atoms with Crippen LogP contribution in [0.1, 0.15) is 16.7 Å². The number of hydrogen-bond acceptors (Lipinski definition) is 6. The number of carbonyl (C=O) groups excluding carboxylic acids is 1. The highest BCUT2D eigenvalue weighted by atomic mass is 16.5.